The van der Waals surface area contributed by atoms with Crippen molar-refractivity contribution in [2.45, 2.75) is 4.90 Å². The van der Waals surface area contributed by atoms with Gasteiger partial charge in [0.05, 0.1) is 21.0 Å². The molecule has 2 aromatic carbocycles. The number of rotatable bonds is 1. The van der Waals surface area contributed by atoms with Crippen LogP contribution in [0.2, 0.25) is 5.02 Å². The number of halogens is 1. The molecule has 0 saturated heterocycles. The van der Waals surface area contributed by atoms with Crippen molar-refractivity contribution in [3.05, 3.63) is 47.5 Å². The lowest BCUT2D eigenvalue weighted by atomic mass is 10.1. The first-order valence-electron chi connectivity index (χ1n) is 5.65. The van der Waals surface area contributed by atoms with Gasteiger partial charge in [0, 0.05) is 17.0 Å². The van der Waals surface area contributed by atoms with Gasteiger partial charge in [-0.1, -0.05) is 29.8 Å². The molecule has 0 spiro atoms. The number of hydrogen-bond donors (Lipinski definition) is 0. The van der Waals surface area contributed by atoms with E-state index in [1.54, 1.807) is 18.2 Å². The Hall–Kier alpha value is -1.65. The van der Waals surface area contributed by atoms with Crippen LogP contribution in [0.15, 0.2) is 47.4 Å². The van der Waals surface area contributed by atoms with Crippen LogP contribution >= 0.6 is 11.6 Å². The Labute approximate surface area is 115 Å². The molecule has 0 unspecified atom stereocenters. The van der Waals surface area contributed by atoms with Crippen molar-refractivity contribution in [2.24, 2.45) is 0 Å². The van der Waals surface area contributed by atoms with Crippen molar-refractivity contribution >= 4 is 43.2 Å². The Balaban J connectivity index is 2.45. The second kappa shape index (κ2) is 4.18. The van der Waals surface area contributed by atoms with Crippen LogP contribution in [-0.2, 0) is 9.84 Å². The monoisotopic (exact) mass is 291 g/mol. The molecule has 3 rings (SSSR count). The third-order valence-corrected chi connectivity index (χ3v) is 4.53. The van der Waals surface area contributed by atoms with Crippen LogP contribution in [0.25, 0.3) is 21.8 Å². The summed E-state index contributed by atoms with van der Waals surface area (Å²) in [6, 6.07) is 12.3. The SMILES string of the molecule is CS(=O)(=O)c1ccc2c(Cl)c3ccccc3nc2c1. The molecule has 0 amide bonds. The maximum atomic E-state index is 11.6. The lowest BCUT2D eigenvalue weighted by molar-refractivity contribution is 0.602. The molecule has 5 heteroatoms. The number of sulfone groups is 1. The summed E-state index contributed by atoms with van der Waals surface area (Å²) in [7, 11) is -3.24. The highest BCUT2D eigenvalue weighted by Crippen LogP contribution is 2.31. The van der Waals surface area contributed by atoms with Crippen molar-refractivity contribution in [1.29, 1.82) is 0 Å². The van der Waals surface area contributed by atoms with Crippen LogP contribution in [0, 0.1) is 0 Å². The number of aromatic nitrogens is 1. The quantitative estimate of drug-likeness (QED) is 0.645. The fourth-order valence-corrected chi connectivity index (χ4v) is 3.01. The lowest BCUT2D eigenvalue weighted by Crippen LogP contribution is -1.97. The first-order valence-corrected chi connectivity index (χ1v) is 7.92. The van der Waals surface area contributed by atoms with E-state index in [1.807, 2.05) is 24.3 Å². The number of benzene rings is 2. The van der Waals surface area contributed by atoms with Crippen LogP contribution in [0.1, 0.15) is 0 Å². The van der Waals surface area contributed by atoms with Crippen LogP contribution in [-0.4, -0.2) is 19.7 Å². The predicted octanol–water partition coefficient (Wildman–Crippen LogP) is 3.44. The van der Waals surface area contributed by atoms with Gasteiger partial charge in [-0.25, -0.2) is 13.4 Å². The van der Waals surface area contributed by atoms with Crippen molar-refractivity contribution < 1.29 is 8.42 Å². The van der Waals surface area contributed by atoms with Crippen molar-refractivity contribution in [3.8, 4) is 0 Å². The molecule has 96 valence electrons. The van der Waals surface area contributed by atoms with Gasteiger partial charge < -0.3 is 0 Å². The highest BCUT2D eigenvalue weighted by molar-refractivity contribution is 7.90. The number of hydrogen-bond acceptors (Lipinski definition) is 3. The average molecular weight is 292 g/mol. The lowest BCUT2D eigenvalue weighted by Gasteiger charge is -2.06. The van der Waals surface area contributed by atoms with E-state index in [4.69, 9.17) is 11.6 Å². The van der Waals surface area contributed by atoms with Gasteiger partial charge in [0.2, 0.25) is 0 Å². The van der Waals surface area contributed by atoms with Gasteiger partial charge >= 0.3 is 0 Å². The van der Waals surface area contributed by atoms with Gasteiger partial charge in [-0.2, -0.15) is 0 Å². The van der Waals surface area contributed by atoms with E-state index in [1.165, 1.54) is 6.26 Å². The normalized spacial score (nSPS) is 12.1. The zero-order chi connectivity index (χ0) is 13.6. The van der Waals surface area contributed by atoms with Crippen LogP contribution in [0.3, 0.4) is 0 Å². The minimum absolute atomic E-state index is 0.249. The molecule has 3 nitrogen and oxygen atoms in total. The predicted molar refractivity (Wildman–Crippen MR) is 77.4 cm³/mol. The van der Waals surface area contributed by atoms with E-state index >= 15 is 0 Å². The topological polar surface area (TPSA) is 47.0 Å². The van der Waals surface area contributed by atoms with Crippen molar-refractivity contribution in [3.63, 3.8) is 0 Å². The molecule has 0 radical (unpaired) electrons. The van der Waals surface area contributed by atoms with E-state index in [2.05, 4.69) is 4.98 Å². The Morgan fingerprint density at radius 3 is 2.42 bits per heavy atom. The van der Waals surface area contributed by atoms with E-state index in [9.17, 15) is 8.42 Å². The Morgan fingerprint density at radius 1 is 1.00 bits per heavy atom. The first kappa shape index (κ1) is 12.4. The van der Waals surface area contributed by atoms with Crippen molar-refractivity contribution in [2.75, 3.05) is 6.26 Å². The first-order chi connectivity index (χ1) is 8.97. The third kappa shape index (κ3) is 2.07. The van der Waals surface area contributed by atoms with Crippen molar-refractivity contribution in [1.82, 2.24) is 4.98 Å². The smallest absolute Gasteiger partial charge is 0.175 e. The fraction of sp³-hybridized carbons (Fsp3) is 0.0714. The number of pyridine rings is 1. The minimum atomic E-state index is -3.24. The van der Waals surface area contributed by atoms with E-state index in [0.29, 0.717) is 10.5 Å². The van der Waals surface area contributed by atoms with E-state index in [0.717, 1.165) is 16.3 Å². The molecule has 0 aliphatic rings. The molecule has 0 atom stereocenters. The average Bonchev–Trinajstić information content (AvgIpc) is 2.37. The molecule has 0 saturated carbocycles. The highest BCUT2D eigenvalue weighted by Gasteiger charge is 2.11. The summed E-state index contributed by atoms with van der Waals surface area (Å²) < 4.78 is 23.1. The van der Waals surface area contributed by atoms with E-state index in [-0.39, 0.29) is 4.90 Å². The molecule has 0 fully saturated rings. The summed E-state index contributed by atoms with van der Waals surface area (Å²) in [6.07, 6.45) is 1.18. The van der Waals surface area contributed by atoms with Gasteiger partial charge in [-0.15, -0.1) is 0 Å². The molecule has 3 aromatic rings. The Kier molecular flexibility index (Phi) is 2.73. The molecule has 0 aliphatic heterocycles. The molecule has 0 N–H and O–H groups in total. The second-order valence-corrected chi connectivity index (χ2v) is 6.79. The van der Waals surface area contributed by atoms with E-state index < -0.39 is 9.84 Å². The van der Waals surface area contributed by atoms with Gasteiger partial charge in [-0.05, 0) is 24.3 Å². The molecule has 19 heavy (non-hydrogen) atoms. The highest BCUT2D eigenvalue weighted by atomic mass is 35.5. The maximum absolute atomic E-state index is 11.6. The maximum Gasteiger partial charge on any atom is 0.175 e. The fourth-order valence-electron chi connectivity index (χ4n) is 2.05. The largest absolute Gasteiger partial charge is 0.248 e. The van der Waals surface area contributed by atoms with Crippen LogP contribution < -0.4 is 0 Å². The summed E-state index contributed by atoms with van der Waals surface area (Å²) in [5.41, 5.74) is 1.34. The summed E-state index contributed by atoms with van der Waals surface area (Å²) in [5, 5.41) is 2.22. The standard InChI is InChI=1S/C14H10ClNO2S/c1-19(17,18)9-6-7-11-13(8-9)16-12-5-3-2-4-10(12)14(11)15/h2-8H,1H3. The summed E-state index contributed by atoms with van der Waals surface area (Å²) >= 11 is 6.35. The van der Waals surface area contributed by atoms with Gasteiger partial charge in [0.1, 0.15) is 0 Å². The molecule has 0 bridgehead atoms. The zero-order valence-corrected chi connectivity index (χ0v) is 11.7. The Morgan fingerprint density at radius 2 is 1.68 bits per heavy atom. The Bertz CT molecular complexity index is 904. The van der Waals surface area contributed by atoms with Crippen LogP contribution in [0.5, 0.6) is 0 Å². The molecular formula is C14H10ClNO2S. The molecule has 1 aromatic heterocycles. The summed E-state index contributed by atoms with van der Waals surface area (Å²) in [4.78, 5) is 4.71. The number of fused-ring (bicyclic) bond motifs is 2. The van der Waals surface area contributed by atoms with Gasteiger partial charge in [0.15, 0.2) is 9.84 Å². The molecular weight excluding hydrogens is 282 g/mol. The van der Waals surface area contributed by atoms with Crippen LogP contribution in [0.4, 0.5) is 0 Å². The number of para-hydroxylation sites is 1. The second-order valence-electron chi connectivity index (χ2n) is 4.39. The molecule has 0 aliphatic carbocycles. The zero-order valence-electron chi connectivity index (χ0n) is 10.1. The summed E-state index contributed by atoms with van der Waals surface area (Å²) in [6.45, 7) is 0. The number of nitrogens with zero attached hydrogens (tertiary/aromatic N) is 1. The third-order valence-electron chi connectivity index (χ3n) is 3.02. The van der Waals surface area contributed by atoms with Gasteiger partial charge in [0.25, 0.3) is 0 Å². The van der Waals surface area contributed by atoms with Gasteiger partial charge in [-0.3, -0.25) is 0 Å². The summed E-state index contributed by atoms with van der Waals surface area (Å²) in [5.74, 6) is 0. The molecule has 1 heterocycles. The minimum Gasteiger partial charge on any atom is -0.248 e.